The molecule has 27 heavy (non-hydrogen) atoms. The molecule has 1 aromatic carbocycles. The molecule has 4 atom stereocenters. The predicted octanol–water partition coefficient (Wildman–Crippen LogP) is 2.28. The van der Waals surface area contributed by atoms with Crippen LogP contribution in [0.2, 0.25) is 0 Å². The lowest BCUT2D eigenvalue weighted by Crippen LogP contribution is -2.36. The van der Waals surface area contributed by atoms with Crippen molar-refractivity contribution in [2.45, 2.75) is 19.3 Å². The second kappa shape index (κ2) is 6.72. The second-order valence-electron chi connectivity index (χ2n) is 7.36. The van der Waals surface area contributed by atoms with E-state index in [1.165, 1.54) is 7.11 Å². The first kappa shape index (κ1) is 17.6. The molecule has 3 aliphatic rings. The lowest BCUT2D eigenvalue weighted by Gasteiger charge is -2.24. The average Bonchev–Trinajstić information content (AvgIpc) is 3.36. The molecule has 7 heteroatoms. The van der Waals surface area contributed by atoms with Gasteiger partial charge in [-0.2, -0.15) is 0 Å². The number of anilines is 2. The first-order valence-electron chi connectivity index (χ1n) is 9.20. The number of carboxylic acids is 1. The van der Waals surface area contributed by atoms with Crippen molar-refractivity contribution >= 4 is 29.2 Å². The number of hydrogen-bond donors (Lipinski definition) is 2. The van der Waals surface area contributed by atoms with E-state index in [1.54, 1.807) is 23.1 Å². The number of fused-ring (bicyclic) bond motifs is 2. The summed E-state index contributed by atoms with van der Waals surface area (Å²) < 4.78 is 5.36. The van der Waals surface area contributed by atoms with E-state index >= 15 is 0 Å². The number of nitrogens with zero attached hydrogens (tertiary/aromatic N) is 1. The largest absolute Gasteiger partial charge is 0.495 e. The minimum atomic E-state index is -0.926. The van der Waals surface area contributed by atoms with E-state index in [-0.39, 0.29) is 23.7 Å². The highest BCUT2D eigenvalue weighted by Gasteiger charge is 2.51. The molecule has 0 spiro atoms. The Morgan fingerprint density at radius 2 is 1.96 bits per heavy atom. The molecule has 4 rings (SSSR count). The Kier molecular flexibility index (Phi) is 4.37. The maximum atomic E-state index is 12.9. The fraction of sp³-hybridized carbons (Fsp3) is 0.450. The monoisotopic (exact) mass is 370 g/mol. The van der Waals surface area contributed by atoms with E-state index in [1.807, 2.05) is 12.2 Å². The topological polar surface area (TPSA) is 95.9 Å². The van der Waals surface area contributed by atoms with Crippen LogP contribution in [0.3, 0.4) is 0 Å². The summed E-state index contributed by atoms with van der Waals surface area (Å²) in [6, 6.07) is 5.14. The highest BCUT2D eigenvalue weighted by atomic mass is 16.5. The summed E-state index contributed by atoms with van der Waals surface area (Å²) in [7, 11) is 1.54. The Morgan fingerprint density at radius 1 is 1.22 bits per heavy atom. The number of carboxylic acid groups (broad SMARTS) is 1. The van der Waals surface area contributed by atoms with Crippen LogP contribution in [0.4, 0.5) is 11.4 Å². The van der Waals surface area contributed by atoms with Crippen molar-refractivity contribution in [3.05, 3.63) is 30.4 Å². The summed E-state index contributed by atoms with van der Waals surface area (Å²) in [6.07, 6.45) is 5.87. The molecule has 2 N–H and O–H groups in total. The van der Waals surface area contributed by atoms with Gasteiger partial charge in [0.05, 0.1) is 24.6 Å². The summed E-state index contributed by atoms with van der Waals surface area (Å²) in [5.74, 6) is -1.98. The standard InChI is InChI=1S/C20H22N2O5/c1-27-15-7-6-13(10-14(15)22-8-2-3-16(22)23)21-19(24)17-11-4-5-12(9-11)18(17)20(25)26/h4-7,10-12,17-18H,2-3,8-9H2,1H3,(H,21,24)(H,25,26)/t11-,12-,17+,18+/m0/s1. The molecule has 1 saturated heterocycles. The van der Waals surface area contributed by atoms with Gasteiger partial charge in [0.25, 0.3) is 0 Å². The quantitative estimate of drug-likeness (QED) is 0.775. The molecule has 2 bridgehead atoms. The fourth-order valence-corrected chi connectivity index (χ4v) is 4.62. The van der Waals surface area contributed by atoms with Crippen LogP contribution in [0.1, 0.15) is 19.3 Å². The number of amides is 2. The van der Waals surface area contributed by atoms with Gasteiger partial charge in [0.2, 0.25) is 11.8 Å². The number of benzene rings is 1. The number of allylic oxidation sites excluding steroid dienone is 2. The molecule has 2 amide bonds. The first-order chi connectivity index (χ1) is 13.0. The number of carbonyl (C=O) groups is 3. The number of carbonyl (C=O) groups excluding carboxylic acids is 2. The maximum Gasteiger partial charge on any atom is 0.307 e. The summed E-state index contributed by atoms with van der Waals surface area (Å²) in [5.41, 5.74) is 1.16. The molecule has 1 aliphatic heterocycles. The Morgan fingerprint density at radius 3 is 2.59 bits per heavy atom. The molecule has 7 nitrogen and oxygen atoms in total. The van der Waals surface area contributed by atoms with E-state index in [4.69, 9.17) is 4.74 Å². The van der Waals surface area contributed by atoms with Crippen LogP contribution in [-0.4, -0.2) is 36.5 Å². The Labute approximate surface area is 157 Å². The van der Waals surface area contributed by atoms with Gasteiger partial charge in [-0.25, -0.2) is 0 Å². The number of rotatable bonds is 5. The third-order valence-corrected chi connectivity index (χ3v) is 5.86. The molecule has 142 valence electrons. The summed E-state index contributed by atoms with van der Waals surface area (Å²) in [5, 5.41) is 12.4. The average molecular weight is 370 g/mol. The second-order valence-corrected chi connectivity index (χ2v) is 7.36. The molecule has 0 aromatic heterocycles. The molecular formula is C20H22N2O5. The van der Waals surface area contributed by atoms with Crippen LogP contribution in [0.25, 0.3) is 0 Å². The van der Waals surface area contributed by atoms with Crippen molar-refractivity contribution in [1.82, 2.24) is 0 Å². The Hall–Kier alpha value is -2.83. The van der Waals surface area contributed by atoms with Crippen molar-refractivity contribution in [2.75, 3.05) is 23.9 Å². The number of nitrogens with one attached hydrogen (secondary N) is 1. The highest BCUT2D eigenvalue weighted by Crippen LogP contribution is 2.48. The van der Waals surface area contributed by atoms with Gasteiger partial charge in [0.1, 0.15) is 5.75 Å². The molecule has 2 fully saturated rings. The zero-order chi connectivity index (χ0) is 19.1. The van der Waals surface area contributed by atoms with Crippen molar-refractivity contribution in [3.63, 3.8) is 0 Å². The van der Waals surface area contributed by atoms with Crippen LogP contribution in [0, 0.1) is 23.7 Å². The molecule has 1 heterocycles. The van der Waals surface area contributed by atoms with Crippen LogP contribution < -0.4 is 15.0 Å². The third-order valence-electron chi connectivity index (χ3n) is 5.86. The minimum Gasteiger partial charge on any atom is -0.495 e. The fourth-order valence-electron chi connectivity index (χ4n) is 4.62. The highest BCUT2D eigenvalue weighted by molar-refractivity contribution is 6.00. The zero-order valence-corrected chi connectivity index (χ0v) is 15.1. The molecule has 0 radical (unpaired) electrons. The third kappa shape index (κ3) is 2.97. The van der Waals surface area contributed by atoms with Gasteiger partial charge in [0.15, 0.2) is 0 Å². The molecule has 1 aromatic rings. The van der Waals surface area contributed by atoms with Gasteiger partial charge < -0.3 is 20.1 Å². The Bertz CT molecular complexity index is 834. The number of ether oxygens (including phenoxy) is 1. The van der Waals surface area contributed by atoms with Gasteiger partial charge in [-0.05, 0) is 42.9 Å². The van der Waals surface area contributed by atoms with Gasteiger partial charge in [-0.15, -0.1) is 0 Å². The number of methoxy groups -OCH3 is 1. The first-order valence-corrected chi connectivity index (χ1v) is 9.20. The van der Waals surface area contributed by atoms with Crippen LogP contribution in [0.15, 0.2) is 30.4 Å². The SMILES string of the molecule is COc1ccc(NC(=O)[C@H]2[C@H](C(=O)O)[C@H]3C=C[C@H]2C3)cc1N1CCCC1=O. The van der Waals surface area contributed by atoms with E-state index in [0.29, 0.717) is 36.5 Å². The van der Waals surface area contributed by atoms with Gasteiger partial charge >= 0.3 is 5.97 Å². The van der Waals surface area contributed by atoms with Crippen molar-refractivity contribution < 1.29 is 24.2 Å². The summed E-state index contributed by atoms with van der Waals surface area (Å²) >= 11 is 0. The predicted molar refractivity (Wildman–Crippen MR) is 98.6 cm³/mol. The van der Waals surface area contributed by atoms with Crippen molar-refractivity contribution in [3.8, 4) is 5.75 Å². The summed E-state index contributed by atoms with van der Waals surface area (Å²) in [4.78, 5) is 38.2. The van der Waals surface area contributed by atoms with E-state index in [0.717, 1.165) is 6.42 Å². The maximum absolute atomic E-state index is 12.9. The molecular weight excluding hydrogens is 348 g/mol. The smallest absolute Gasteiger partial charge is 0.307 e. The van der Waals surface area contributed by atoms with Crippen LogP contribution >= 0.6 is 0 Å². The lowest BCUT2D eigenvalue weighted by molar-refractivity contribution is -0.146. The molecule has 2 aliphatic carbocycles. The Balaban J connectivity index is 1.57. The van der Waals surface area contributed by atoms with Crippen LogP contribution in [0.5, 0.6) is 5.75 Å². The van der Waals surface area contributed by atoms with Crippen LogP contribution in [-0.2, 0) is 14.4 Å². The van der Waals surface area contributed by atoms with E-state index in [2.05, 4.69) is 5.32 Å². The zero-order valence-electron chi connectivity index (χ0n) is 15.1. The van der Waals surface area contributed by atoms with Gasteiger partial charge in [0, 0.05) is 18.7 Å². The van der Waals surface area contributed by atoms with Crippen molar-refractivity contribution in [1.29, 1.82) is 0 Å². The molecule has 1 saturated carbocycles. The van der Waals surface area contributed by atoms with E-state index in [9.17, 15) is 19.5 Å². The van der Waals surface area contributed by atoms with Gasteiger partial charge in [-0.3, -0.25) is 14.4 Å². The minimum absolute atomic E-state index is 0.0287. The number of aliphatic carboxylic acids is 1. The van der Waals surface area contributed by atoms with Gasteiger partial charge in [-0.1, -0.05) is 12.2 Å². The van der Waals surface area contributed by atoms with E-state index < -0.39 is 17.8 Å². The number of hydrogen-bond acceptors (Lipinski definition) is 4. The lowest BCUT2D eigenvalue weighted by atomic mass is 9.82. The summed E-state index contributed by atoms with van der Waals surface area (Å²) in [6.45, 7) is 0.616. The van der Waals surface area contributed by atoms with Crippen molar-refractivity contribution in [2.24, 2.45) is 23.7 Å². The normalized spacial score (nSPS) is 28.6. The molecule has 0 unspecified atom stereocenters.